The zero-order valence-corrected chi connectivity index (χ0v) is 16.1. The van der Waals surface area contributed by atoms with Crippen LogP contribution in [0.25, 0.3) is 21.5 Å². The molecule has 0 unspecified atom stereocenters. The molecule has 0 aliphatic carbocycles. The lowest BCUT2D eigenvalue weighted by atomic mass is 10.0. The van der Waals surface area contributed by atoms with E-state index in [1.165, 1.54) is 0 Å². The number of ketones is 1. The lowest BCUT2D eigenvalue weighted by Crippen LogP contribution is -2.08. The molecule has 146 valence electrons. The maximum Gasteiger partial charge on any atom is 0.417 e. The van der Waals surface area contributed by atoms with Gasteiger partial charge in [0.05, 0.1) is 16.9 Å². The van der Waals surface area contributed by atoms with E-state index in [4.69, 9.17) is 5.73 Å². The number of aromatic nitrogens is 1. The standard InChI is InChI=1S/C22H15F3N2OS/c1-12-7-9-13(10-8-12)16-11-15(22(23,24)25)17-18(26)20(29-21(17)27-16)19(28)14-5-3-2-4-6-14/h2-11H,26H2,1H3. The minimum Gasteiger partial charge on any atom is -0.397 e. The number of nitrogens with zero attached hydrogens (tertiary/aromatic N) is 1. The van der Waals surface area contributed by atoms with Crippen molar-refractivity contribution in [3.63, 3.8) is 0 Å². The number of anilines is 1. The van der Waals surface area contributed by atoms with Crippen LogP contribution in [0, 0.1) is 6.92 Å². The van der Waals surface area contributed by atoms with Crippen LogP contribution in [0.15, 0.2) is 60.7 Å². The lowest BCUT2D eigenvalue weighted by Gasteiger charge is -2.11. The molecule has 0 saturated carbocycles. The van der Waals surface area contributed by atoms with Crippen molar-refractivity contribution in [1.82, 2.24) is 4.98 Å². The van der Waals surface area contributed by atoms with Gasteiger partial charge in [-0.25, -0.2) is 4.98 Å². The molecule has 0 atom stereocenters. The Morgan fingerprint density at radius 3 is 2.31 bits per heavy atom. The number of aryl methyl sites for hydroxylation is 1. The van der Waals surface area contributed by atoms with Gasteiger partial charge in [-0.3, -0.25) is 4.79 Å². The van der Waals surface area contributed by atoms with Gasteiger partial charge in [-0.2, -0.15) is 13.2 Å². The number of hydrogen-bond donors (Lipinski definition) is 1. The van der Waals surface area contributed by atoms with Crippen LogP contribution in [0.4, 0.5) is 18.9 Å². The van der Waals surface area contributed by atoms with Gasteiger partial charge >= 0.3 is 6.18 Å². The van der Waals surface area contributed by atoms with Gasteiger partial charge in [-0.15, -0.1) is 11.3 Å². The van der Waals surface area contributed by atoms with Crippen molar-refractivity contribution in [2.45, 2.75) is 13.1 Å². The fraction of sp³-hybridized carbons (Fsp3) is 0.0909. The summed E-state index contributed by atoms with van der Waals surface area (Å²) >= 11 is 0.883. The summed E-state index contributed by atoms with van der Waals surface area (Å²) < 4.78 is 41.5. The Labute approximate surface area is 168 Å². The fourth-order valence-corrected chi connectivity index (χ4v) is 4.19. The molecular formula is C22H15F3N2OS. The Morgan fingerprint density at radius 2 is 1.69 bits per heavy atom. The van der Waals surface area contributed by atoms with E-state index in [2.05, 4.69) is 4.98 Å². The van der Waals surface area contributed by atoms with Crippen molar-refractivity contribution in [2.75, 3.05) is 5.73 Å². The SMILES string of the molecule is Cc1ccc(-c2cc(C(F)(F)F)c3c(N)c(C(=O)c4ccccc4)sc3n2)cc1. The quantitative estimate of drug-likeness (QED) is 0.414. The van der Waals surface area contributed by atoms with Crippen molar-refractivity contribution >= 4 is 33.0 Å². The van der Waals surface area contributed by atoms with Crippen molar-refractivity contribution in [2.24, 2.45) is 0 Å². The number of hydrogen-bond acceptors (Lipinski definition) is 4. The molecule has 0 amide bonds. The van der Waals surface area contributed by atoms with Crippen molar-refractivity contribution < 1.29 is 18.0 Å². The van der Waals surface area contributed by atoms with Crippen LogP contribution in [0.5, 0.6) is 0 Å². The van der Waals surface area contributed by atoms with Crippen LogP contribution in [0.3, 0.4) is 0 Å². The van der Waals surface area contributed by atoms with Gasteiger partial charge in [-0.05, 0) is 13.0 Å². The molecule has 2 N–H and O–H groups in total. The molecule has 0 bridgehead atoms. The Kier molecular flexibility index (Phi) is 4.62. The van der Waals surface area contributed by atoms with Crippen LogP contribution >= 0.6 is 11.3 Å². The fourth-order valence-electron chi connectivity index (χ4n) is 3.11. The van der Waals surface area contributed by atoms with Gasteiger partial charge in [0.15, 0.2) is 0 Å². The maximum absolute atomic E-state index is 13.8. The van der Waals surface area contributed by atoms with E-state index < -0.39 is 17.5 Å². The van der Waals surface area contributed by atoms with Gasteiger partial charge in [-0.1, -0.05) is 60.2 Å². The van der Waals surface area contributed by atoms with Crippen LogP contribution < -0.4 is 5.73 Å². The molecule has 0 spiro atoms. The average Bonchev–Trinajstić information content (AvgIpc) is 3.03. The zero-order chi connectivity index (χ0) is 20.8. The Morgan fingerprint density at radius 1 is 1.03 bits per heavy atom. The van der Waals surface area contributed by atoms with Crippen LogP contribution in [-0.4, -0.2) is 10.8 Å². The molecule has 29 heavy (non-hydrogen) atoms. The summed E-state index contributed by atoms with van der Waals surface area (Å²) in [6.07, 6.45) is -4.64. The third kappa shape index (κ3) is 3.49. The molecule has 2 heterocycles. The van der Waals surface area contributed by atoms with Crippen LogP contribution in [-0.2, 0) is 6.18 Å². The minimum atomic E-state index is -4.64. The number of carbonyl (C=O) groups excluding carboxylic acids is 1. The molecular weight excluding hydrogens is 397 g/mol. The Balaban J connectivity index is 1.95. The first-order chi connectivity index (χ1) is 13.8. The summed E-state index contributed by atoms with van der Waals surface area (Å²) in [6.45, 7) is 1.89. The molecule has 0 radical (unpaired) electrons. The monoisotopic (exact) mass is 412 g/mol. The number of rotatable bonds is 3. The van der Waals surface area contributed by atoms with E-state index >= 15 is 0 Å². The third-order valence-electron chi connectivity index (χ3n) is 4.59. The molecule has 0 saturated heterocycles. The van der Waals surface area contributed by atoms with Gasteiger partial charge < -0.3 is 5.73 Å². The second kappa shape index (κ2) is 7.00. The second-order valence-corrected chi connectivity index (χ2v) is 7.64. The number of fused-ring (bicyclic) bond motifs is 1. The van der Waals surface area contributed by atoms with E-state index in [0.29, 0.717) is 11.1 Å². The summed E-state index contributed by atoms with van der Waals surface area (Å²) in [4.78, 5) is 17.4. The normalized spacial score (nSPS) is 11.7. The summed E-state index contributed by atoms with van der Waals surface area (Å²) in [7, 11) is 0. The molecule has 3 nitrogen and oxygen atoms in total. The third-order valence-corrected chi connectivity index (χ3v) is 5.69. The number of halogens is 3. The van der Waals surface area contributed by atoms with Crippen molar-refractivity contribution in [3.8, 4) is 11.3 Å². The number of carbonyl (C=O) groups is 1. The molecule has 0 fully saturated rings. The van der Waals surface area contributed by atoms with Gasteiger partial charge in [0, 0.05) is 16.5 Å². The molecule has 4 aromatic rings. The molecule has 4 rings (SSSR count). The summed E-state index contributed by atoms with van der Waals surface area (Å²) in [5.74, 6) is -0.420. The molecule has 0 aliphatic rings. The van der Waals surface area contributed by atoms with Gasteiger partial charge in [0.2, 0.25) is 5.78 Å². The minimum absolute atomic E-state index is 0.0604. The number of benzene rings is 2. The van der Waals surface area contributed by atoms with E-state index in [1.807, 2.05) is 19.1 Å². The predicted octanol–water partition coefficient (Wildman–Crippen LogP) is 6.10. The molecule has 7 heteroatoms. The summed E-state index contributed by atoms with van der Waals surface area (Å²) in [5.41, 5.74) is 7.05. The number of nitrogens with two attached hydrogens (primary N) is 1. The smallest absolute Gasteiger partial charge is 0.397 e. The largest absolute Gasteiger partial charge is 0.417 e. The van der Waals surface area contributed by atoms with Gasteiger partial charge in [0.1, 0.15) is 9.71 Å². The van der Waals surface area contributed by atoms with E-state index in [0.717, 1.165) is 23.0 Å². The van der Waals surface area contributed by atoms with E-state index in [1.54, 1.807) is 42.5 Å². The number of thiophene rings is 1. The predicted molar refractivity (Wildman–Crippen MR) is 109 cm³/mol. The van der Waals surface area contributed by atoms with Gasteiger partial charge in [0.25, 0.3) is 0 Å². The average molecular weight is 412 g/mol. The van der Waals surface area contributed by atoms with Crippen molar-refractivity contribution in [1.29, 1.82) is 0 Å². The second-order valence-electron chi connectivity index (χ2n) is 6.64. The Bertz CT molecular complexity index is 1210. The Hall–Kier alpha value is -3.19. The van der Waals surface area contributed by atoms with Crippen LogP contribution in [0.1, 0.15) is 26.4 Å². The zero-order valence-electron chi connectivity index (χ0n) is 15.2. The highest BCUT2D eigenvalue weighted by molar-refractivity contribution is 7.21. The van der Waals surface area contributed by atoms with Crippen molar-refractivity contribution in [3.05, 3.63) is 82.2 Å². The highest BCUT2D eigenvalue weighted by Gasteiger charge is 2.36. The highest BCUT2D eigenvalue weighted by Crippen LogP contribution is 2.44. The summed E-state index contributed by atoms with van der Waals surface area (Å²) in [5, 5.41) is -0.224. The number of nitrogen functional groups attached to an aromatic ring is 1. The number of alkyl halides is 3. The first-order valence-electron chi connectivity index (χ1n) is 8.72. The lowest BCUT2D eigenvalue weighted by molar-refractivity contribution is -0.136. The topological polar surface area (TPSA) is 56.0 Å². The van der Waals surface area contributed by atoms with E-state index in [-0.39, 0.29) is 26.5 Å². The molecule has 2 aromatic heterocycles. The highest BCUT2D eigenvalue weighted by atomic mass is 32.1. The van der Waals surface area contributed by atoms with E-state index in [9.17, 15) is 18.0 Å². The van der Waals surface area contributed by atoms with Crippen LogP contribution in [0.2, 0.25) is 0 Å². The first kappa shape index (κ1) is 19.1. The number of pyridine rings is 1. The first-order valence-corrected chi connectivity index (χ1v) is 9.54. The summed E-state index contributed by atoms with van der Waals surface area (Å²) in [6, 6.07) is 16.4. The molecule has 2 aromatic carbocycles. The maximum atomic E-state index is 13.8. The molecule has 0 aliphatic heterocycles.